The normalized spacial score (nSPS) is 23.1. The Hall–Kier alpha value is -1.51. The van der Waals surface area contributed by atoms with E-state index in [1.807, 2.05) is 25.1 Å². The number of rotatable bonds is 2. The summed E-state index contributed by atoms with van der Waals surface area (Å²) in [6.07, 6.45) is 0.801. The van der Waals surface area contributed by atoms with Crippen LogP contribution in [0.25, 0.3) is 0 Å². The molecule has 86 valence electrons. The molecule has 16 heavy (non-hydrogen) atoms. The summed E-state index contributed by atoms with van der Waals surface area (Å²) in [5.74, 6) is 0.246. The summed E-state index contributed by atoms with van der Waals surface area (Å²) in [5, 5.41) is 3.24. The van der Waals surface area contributed by atoms with Crippen LogP contribution < -0.4 is 5.32 Å². The zero-order valence-corrected chi connectivity index (χ0v) is 9.69. The fourth-order valence-electron chi connectivity index (χ4n) is 2.18. The molecule has 2 rings (SSSR count). The number of hydrogen-bond acceptors (Lipinski definition) is 3. The van der Waals surface area contributed by atoms with E-state index in [0.29, 0.717) is 12.5 Å². The van der Waals surface area contributed by atoms with Gasteiger partial charge in [-0.2, -0.15) is 0 Å². The van der Waals surface area contributed by atoms with Crippen LogP contribution in [0.15, 0.2) is 24.3 Å². The second-order valence-electron chi connectivity index (χ2n) is 4.17. The van der Waals surface area contributed by atoms with E-state index in [0.717, 1.165) is 12.1 Å². The van der Waals surface area contributed by atoms with Gasteiger partial charge in [-0.3, -0.25) is 0 Å². The van der Waals surface area contributed by atoms with Crippen LogP contribution in [-0.4, -0.2) is 18.6 Å². The monoisotopic (exact) mass is 219 g/mol. The molecular formula is C13H17NO2. The van der Waals surface area contributed by atoms with Crippen molar-refractivity contribution in [1.82, 2.24) is 0 Å². The van der Waals surface area contributed by atoms with Crippen LogP contribution in [0.2, 0.25) is 0 Å². The van der Waals surface area contributed by atoms with Crippen LogP contribution in [0, 0.1) is 0 Å². The lowest BCUT2D eigenvalue weighted by Crippen LogP contribution is -2.36. The Morgan fingerprint density at radius 2 is 2.25 bits per heavy atom. The van der Waals surface area contributed by atoms with E-state index in [1.54, 1.807) is 0 Å². The van der Waals surface area contributed by atoms with Crippen LogP contribution >= 0.6 is 0 Å². The maximum Gasteiger partial charge on any atom is 0.328 e. The summed E-state index contributed by atoms with van der Waals surface area (Å²) in [6, 6.07) is 7.92. The molecule has 0 aromatic heterocycles. The van der Waals surface area contributed by atoms with Crippen LogP contribution in [0.4, 0.5) is 5.69 Å². The van der Waals surface area contributed by atoms with Gasteiger partial charge in [-0.05, 0) is 30.9 Å². The fraction of sp³-hybridized carbons (Fsp3) is 0.462. The average molecular weight is 219 g/mol. The van der Waals surface area contributed by atoms with Gasteiger partial charge in [0.2, 0.25) is 0 Å². The molecule has 0 radical (unpaired) electrons. The summed E-state index contributed by atoms with van der Waals surface area (Å²) < 4.78 is 5.04. The number of hydrogen-bond donors (Lipinski definition) is 1. The van der Waals surface area contributed by atoms with E-state index in [-0.39, 0.29) is 12.0 Å². The number of fused-ring (bicyclic) bond motifs is 1. The molecule has 0 saturated heterocycles. The maximum absolute atomic E-state index is 11.7. The molecule has 0 fully saturated rings. The molecule has 2 atom stereocenters. The lowest BCUT2D eigenvalue weighted by molar-refractivity contribution is -0.144. The Kier molecular flexibility index (Phi) is 3.13. The van der Waals surface area contributed by atoms with Crippen molar-refractivity contribution in [2.24, 2.45) is 0 Å². The molecular weight excluding hydrogens is 202 g/mol. The molecule has 3 nitrogen and oxygen atoms in total. The number of benzene rings is 1. The van der Waals surface area contributed by atoms with Crippen molar-refractivity contribution in [1.29, 1.82) is 0 Å². The zero-order valence-electron chi connectivity index (χ0n) is 9.69. The van der Waals surface area contributed by atoms with Gasteiger partial charge in [-0.15, -0.1) is 0 Å². The fourth-order valence-corrected chi connectivity index (χ4v) is 2.18. The molecule has 0 amide bonds. The summed E-state index contributed by atoms with van der Waals surface area (Å²) in [7, 11) is 0. The standard InChI is InChI=1S/C13H17NO2/c1-3-16-13(15)12-8-9(2)10-6-4-5-7-11(10)14-12/h4-7,9,12,14H,3,8H2,1-2H3/t9-,12-/m0/s1. The highest BCUT2D eigenvalue weighted by Gasteiger charge is 2.28. The van der Waals surface area contributed by atoms with Gasteiger partial charge < -0.3 is 10.1 Å². The van der Waals surface area contributed by atoms with E-state index >= 15 is 0 Å². The first kappa shape index (κ1) is 11.0. The summed E-state index contributed by atoms with van der Waals surface area (Å²) >= 11 is 0. The van der Waals surface area contributed by atoms with Gasteiger partial charge in [0.1, 0.15) is 6.04 Å². The highest BCUT2D eigenvalue weighted by atomic mass is 16.5. The molecule has 1 heterocycles. The molecule has 3 heteroatoms. The van der Waals surface area contributed by atoms with Gasteiger partial charge in [0.15, 0.2) is 0 Å². The lowest BCUT2D eigenvalue weighted by Gasteiger charge is -2.29. The molecule has 0 spiro atoms. The zero-order chi connectivity index (χ0) is 11.5. The molecule has 1 aromatic carbocycles. The topological polar surface area (TPSA) is 38.3 Å². The van der Waals surface area contributed by atoms with Gasteiger partial charge in [0.25, 0.3) is 0 Å². The minimum Gasteiger partial charge on any atom is -0.464 e. The number of carbonyl (C=O) groups is 1. The van der Waals surface area contributed by atoms with Gasteiger partial charge in [0.05, 0.1) is 6.61 Å². The lowest BCUT2D eigenvalue weighted by atomic mass is 9.88. The second kappa shape index (κ2) is 4.56. The minimum atomic E-state index is -0.204. The number of carbonyl (C=O) groups excluding carboxylic acids is 1. The third kappa shape index (κ3) is 2.03. The van der Waals surface area contributed by atoms with Gasteiger partial charge in [-0.25, -0.2) is 4.79 Å². The molecule has 0 aliphatic carbocycles. The van der Waals surface area contributed by atoms with E-state index < -0.39 is 0 Å². The van der Waals surface area contributed by atoms with Crippen molar-refractivity contribution in [3.05, 3.63) is 29.8 Å². The number of para-hydroxylation sites is 1. The van der Waals surface area contributed by atoms with Crippen LogP contribution in [0.1, 0.15) is 31.7 Å². The largest absolute Gasteiger partial charge is 0.464 e. The molecule has 0 saturated carbocycles. The Bertz CT molecular complexity index is 389. The third-order valence-electron chi connectivity index (χ3n) is 2.98. The van der Waals surface area contributed by atoms with E-state index in [1.165, 1.54) is 5.56 Å². The average Bonchev–Trinajstić information content (AvgIpc) is 2.29. The first-order valence-corrected chi connectivity index (χ1v) is 5.74. The first-order chi connectivity index (χ1) is 7.72. The smallest absolute Gasteiger partial charge is 0.328 e. The highest BCUT2D eigenvalue weighted by Crippen LogP contribution is 2.33. The van der Waals surface area contributed by atoms with Crippen molar-refractivity contribution in [2.45, 2.75) is 32.2 Å². The van der Waals surface area contributed by atoms with E-state index in [2.05, 4.69) is 18.3 Å². The second-order valence-corrected chi connectivity index (χ2v) is 4.17. The van der Waals surface area contributed by atoms with Crippen molar-refractivity contribution < 1.29 is 9.53 Å². The Morgan fingerprint density at radius 1 is 1.50 bits per heavy atom. The number of esters is 1. The highest BCUT2D eigenvalue weighted by molar-refractivity contribution is 5.81. The van der Waals surface area contributed by atoms with Gasteiger partial charge in [0, 0.05) is 5.69 Å². The SMILES string of the molecule is CCOC(=O)[C@@H]1C[C@H](C)c2ccccc2N1. The van der Waals surface area contributed by atoms with Gasteiger partial charge in [-0.1, -0.05) is 25.1 Å². The molecule has 0 bridgehead atoms. The Balaban J connectivity index is 2.18. The van der Waals surface area contributed by atoms with Crippen molar-refractivity contribution >= 4 is 11.7 Å². The molecule has 1 aromatic rings. The first-order valence-electron chi connectivity index (χ1n) is 5.74. The van der Waals surface area contributed by atoms with Crippen molar-refractivity contribution in [3.8, 4) is 0 Å². The van der Waals surface area contributed by atoms with Crippen molar-refractivity contribution in [2.75, 3.05) is 11.9 Å². The van der Waals surface area contributed by atoms with E-state index in [4.69, 9.17) is 4.74 Å². The number of nitrogens with one attached hydrogen (secondary N) is 1. The quantitative estimate of drug-likeness (QED) is 0.777. The summed E-state index contributed by atoms with van der Waals surface area (Å²) in [6.45, 7) is 4.41. The van der Waals surface area contributed by atoms with Crippen LogP contribution in [0.3, 0.4) is 0 Å². The minimum absolute atomic E-state index is 0.149. The summed E-state index contributed by atoms with van der Waals surface area (Å²) in [5.41, 5.74) is 2.34. The van der Waals surface area contributed by atoms with Gasteiger partial charge >= 0.3 is 5.97 Å². The Labute approximate surface area is 95.8 Å². The predicted octanol–water partition coefficient (Wildman–Crippen LogP) is 2.54. The van der Waals surface area contributed by atoms with E-state index in [9.17, 15) is 4.79 Å². The van der Waals surface area contributed by atoms with Crippen LogP contribution in [-0.2, 0) is 9.53 Å². The Morgan fingerprint density at radius 3 is 3.00 bits per heavy atom. The third-order valence-corrected chi connectivity index (χ3v) is 2.98. The van der Waals surface area contributed by atoms with Crippen LogP contribution in [0.5, 0.6) is 0 Å². The number of anilines is 1. The predicted molar refractivity (Wildman–Crippen MR) is 63.5 cm³/mol. The molecule has 0 unspecified atom stereocenters. The number of ether oxygens (including phenoxy) is 1. The summed E-state index contributed by atoms with van der Waals surface area (Å²) in [4.78, 5) is 11.7. The maximum atomic E-state index is 11.7. The molecule has 1 N–H and O–H groups in total. The molecule has 1 aliphatic heterocycles. The van der Waals surface area contributed by atoms with Crippen molar-refractivity contribution in [3.63, 3.8) is 0 Å². The molecule has 1 aliphatic rings.